The third-order valence-corrected chi connectivity index (χ3v) is 15.5. The Labute approximate surface area is 383 Å². The summed E-state index contributed by atoms with van der Waals surface area (Å²) in [5.74, 6) is 7.41. The number of imidazole rings is 1. The third-order valence-electron chi connectivity index (χ3n) is 11.2. The number of aryl methyl sites for hydroxylation is 1. The van der Waals surface area contributed by atoms with Crippen LogP contribution >= 0.6 is 0 Å². The summed E-state index contributed by atoms with van der Waals surface area (Å²) in [6.07, 6.45) is 1.91. The summed E-state index contributed by atoms with van der Waals surface area (Å²) in [7, 11) is 0. The van der Waals surface area contributed by atoms with Crippen LogP contribution in [0, 0.1) is 24.9 Å². The number of fused-ring (bicyclic) bond motifs is 4. The molecule has 62 heavy (non-hydrogen) atoms. The zero-order chi connectivity index (χ0) is 44.1. The van der Waals surface area contributed by atoms with Crippen LogP contribution in [-0.4, -0.2) is 32.8 Å². The molecule has 0 aliphatic heterocycles. The number of furan rings is 1. The van der Waals surface area contributed by atoms with Gasteiger partial charge in [0.05, 0.1) is 22.4 Å². The van der Waals surface area contributed by atoms with Crippen LogP contribution in [0.5, 0.6) is 0 Å². The van der Waals surface area contributed by atoms with Crippen LogP contribution in [0.15, 0.2) is 126 Å². The molecule has 0 unspecified atom stereocenters. The molecule has 0 amide bonds. The van der Waals surface area contributed by atoms with Gasteiger partial charge in [0.25, 0.3) is 0 Å². The normalized spacial score (nSPS) is 12.2. The van der Waals surface area contributed by atoms with Crippen LogP contribution in [-0.2, 0) is 20.1 Å². The van der Waals surface area contributed by atoms with Crippen LogP contribution < -0.4 is 4.40 Å². The molecule has 4 aromatic heterocycles. The van der Waals surface area contributed by atoms with E-state index in [1.165, 1.54) is 44.5 Å². The maximum absolute atomic E-state index is 13.0. The minimum atomic E-state index is -2.10. The number of hydrogen-bond donors (Lipinski definition) is 0. The van der Waals surface area contributed by atoms with E-state index < -0.39 is 19.2 Å². The van der Waals surface area contributed by atoms with Crippen molar-refractivity contribution >= 4 is 50.8 Å². The number of pyridine rings is 2. The zero-order valence-corrected chi connectivity index (χ0v) is 41.6. The molecule has 0 N–H and O–H groups in total. The van der Waals surface area contributed by atoms with E-state index in [4.69, 9.17) is 10.8 Å². The fourth-order valence-electron chi connectivity index (χ4n) is 8.03. The Morgan fingerprint density at radius 2 is 1.42 bits per heavy atom. The fraction of sp³-hybridized carbons (Fsp3) is 0.241. The minimum Gasteiger partial charge on any atom is 0 e. The Kier molecular flexibility index (Phi) is 12.8. The second kappa shape index (κ2) is 18.3. The molecule has 0 spiro atoms. The standard InChI is InChI=1S/C37H32N3O.C17H21FGeN.Ir/c1-22(2)29-20-27(25-11-7-6-8-12-25)21-30(23(3)4)35(29)40-33-14-10-9-13-32(33)39-36(40)26-16-18-34-31(19-26)28-17-15-24(5)38-37(28)41-34;1-12(2)15-10-17(13-6-8-14(18)9-7-13)20-11-16(15)19(3,4)5;/h6-18,20-23H,1-5H3;6,8-12H,1-5H3;/q2*-1;/i;12D;. The minimum absolute atomic E-state index is 0. The van der Waals surface area contributed by atoms with Crippen LogP contribution in [0.25, 0.3) is 72.6 Å². The van der Waals surface area contributed by atoms with Crippen molar-refractivity contribution in [3.05, 3.63) is 162 Å². The molecule has 0 saturated carbocycles. The largest absolute Gasteiger partial charge is 0 e. The average molecular weight is 1060 g/mol. The van der Waals surface area contributed by atoms with Gasteiger partial charge in [-0.25, -0.2) is 4.98 Å². The molecular weight excluding hydrogens is 1000 g/mol. The summed E-state index contributed by atoms with van der Waals surface area (Å²) in [4.78, 5) is 14.3. The van der Waals surface area contributed by atoms with Gasteiger partial charge in [0.2, 0.25) is 0 Å². The molecule has 0 aliphatic carbocycles. The van der Waals surface area contributed by atoms with E-state index in [0.717, 1.165) is 61.3 Å². The average Bonchev–Trinajstić information content (AvgIpc) is 3.81. The predicted octanol–water partition coefficient (Wildman–Crippen LogP) is 14.4. The summed E-state index contributed by atoms with van der Waals surface area (Å²) < 4.78 is 31.1. The molecule has 5 nitrogen and oxygen atoms in total. The summed E-state index contributed by atoms with van der Waals surface area (Å²) in [5, 5.41) is 1.89. The monoisotopic (exact) mass is 1060 g/mol. The molecule has 317 valence electrons. The number of halogens is 1. The van der Waals surface area contributed by atoms with E-state index >= 15 is 0 Å². The van der Waals surface area contributed by atoms with Crippen molar-refractivity contribution in [3.8, 4) is 39.5 Å². The Balaban J connectivity index is 0.000000229. The van der Waals surface area contributed by atoms with Gasteiger partial charge in [0.15, 0.2) is 5.71 Å². The first-order valence-corrected chi connectivity index (χ1v) is 28.4. The smallest absolute Gasteiger partial charge is 0 e. The topological polar surface area (TPSA) is 56.7 Å². The zero-order valence-electron chi connectivity index (χ0n) is 38.1. The molecule has 4 heterocycles. The third kappa shape index (κ3) is 8.99. The first-order valence-electron chi connectivity index (χ1n) is 21.6. The number of rotatable bonds is 8. The Morgan fingerprint density at radius 3 is 2.06 bits per heavy atom. The van der Waals surface area contributed by atoms with Gasteiger partial charge in [-0.15, -0.1) is 12.1 Å². The summed E-state index contributed by atoms with van der Waals surface area (Å²) >= 11 is -2.10. The van der Waals surface area contributed by atoms with Crippen LogP contribution in [0.1, 0.15) is 83.0 Å². The van der Waals surface area contributed by atoms with Gasteiger partial charge in [-0.05, 0) is 76.7 Å². The van der Waals surface area contributed by atoms with Gasteiger partial charge in [-0.3, -0.25) is 4.98 Å². The molecule has 0 saturated heterocycles. The number of para-hydroxylation sites is 2. The summed E-state index contributed by atoms with van der Waals surface area (Å²) in [6, 6.07) is 45.0. The Morgan fingerprint density at radius 1 is 0.742 bits per heavy atom. The van der Waals surface area contributed by atoms with E-state index in [9.17, 15) is 4.39 Å². The maximum Gasteiger partial charge on any atom is 0 e. The van der Waals surface area contributed by atoms with Gasteiger partial charge in [0.1, 0.15) is 0 Å². The quantitative estimate of drug-likeness (QED) is 0.112. The number of hydrogen-bond acceptors (Lipinski definition) is 4. The van der Waals surface area contributed by atoms with E-state index in [0.29, 0.717) is 17.5 Å². The molecule has 0 atom stereocenters. The van der Waals surface area contributed by atoms with E-state index in [1.807, 2.05) is 45.2 Å². The number of aromatic nitrogens is 4. The van der Waals surface area contributed by atoms with Crippen molar-refractivity contribution in [2.24, 2.45) is 0 Å². The van der Waals surface area contributed by atoms with Crippen molar-refractivity contribution in [2.75, 3.05) is 0 Å². The number of nitrogens with zero attached hydrogens (tertiary/aromatic N) is 4. The van der Waals surface area contributed by atoms with Gasteiger partial charge in [0, 0.05) is 31.5 Å². The van der Waals surface area contributed by atoms with Crippen LogP contribution in [0.4, 0.5) is 4.39 Å². The second-order valence-corrected chi connectivity index (χ2v) is 28.3. The molecule has 0 aliphatic rings. The van der Waals surface area contributed by atoms with Crippen LogP contribution in [0.3, 0.4) is 0 Å². The maximum atomic E-state index is 13.0. The first-order chi connectivity index (χ1) is 29.5. The summed E-state index contributed by atoms with van der Waals surface area (Å²) in [5.41, 5.74) is 14.1. The van der Waals surface area contributed by atoms with Crippen molar-refractivity contribution in [3.63, 3.8) is 0 Å². The molecule has 5 aromatic carbocycles. The fourth-order valence-corrected chi connectivity index (χ4v) is 11.3. The molecular formula is C54H53FGeIrN4O-2. The molecule has 9 aromatic rings. The SMILES string of the molecule is Cc1ccc2c(n1)oc1ccc(-c3nc4ccccc4n3-c3c(C(C)C)cc(-c4ccccc4)cc3C(C)C)[c-]c12.[2H]C(C)(C)c1cc(-c2[c-]cc(F)cc2)nc[c]1[Ge]([CH3])([CH3])[CH3].[Ir]. The van der Waals surface area contributed by atoms with Crippen molar-refractivity contribution in [2.45, 2.75) is 83.5 Å². The Hall–Kier alpha value is -5.21. The molecule has 0 fully saturated rings. The van der Waals surface area contributed by atoms with Gasteiger partial charge < -0.3 is 8.98 Å². The Bertz CT molecular complexity index is 3040. The molecule has 1 radical (unpaired) electrons. The van der Waals surface area contributed by atoms with E-state index in [1.54, 1.807) is 6.07 Å². The molecule has 9 rings (SSSR count). The van der Waals surface area contributed by atoms with Crippen molar-refractivity contribution in [1.29, 1.82) is 0 Å². The van der Waals surface area contributed by atoms with E-state index in [2.05, 4.69) is 150 Å². The molecule has 8 heteroatoms. The first kappa shape index (κ1) is 43.4. The van der Waals surface area contributed by atoms with Gasteiger partial charge >= 0.3 is 125 Å². The van der Waals surface area contributed by atoms with Gasteiger partial charge in [-0.1, -0.05) is 93.2 Å². The molecule has 0 bridgehead atoms. The number of benzene rings is 5. The van der Waals surface area contributed by atoms with Gasteiger partial charge in [-0.2, -0.15) is 0 Å². The van der Waals surface area contributed by atoms with E-state index in [-0.39, 0.29) is 25.9 Å². The van der Waals surface area contributed by atoms with Crippen LogP contribution in [0.2, 0.25) is 17.3 Å². The second-order valence-electron chi connectivity index (χ2n) is 17.7. The summed E-state index contributed by atoms with van der Waals surface area (Å²) in [6.45, 7) is 14.9. The van der Waals surface area contributed by atoms with Crippen molar-refractivity contribution < 1.29 is 30.3 Å². The van der Waals surface area contributed by atoms with Crippen molar-refractivity contribution in [1.82, 2.24) is 19.5 Å². The predicted molar refractivity (Wildman–Crippen MR) is 254 cm³/mol.